The fourth-order valence-electron chi connectivity index (χ4n) is 4.56. The molecule has 2 aliphatic rings. The van der Waals surface area contributed by atoms with E-state index in [1.165, 1.54) is 17.0 Å². The molecule has 0 aromatic heterocycles. The van der Waals surface area contributed by atoms with Crippen LogP contribution in [0, 0.1) is 11.3 Å². The number of halogens is 2. The Bertz CT molecular complexity index is 1120. The summed E-state index contributed by atoms with van der Waals surface area (Å²) in [6.07, 6.45) is 1.63. The molecule has 3 atom stereocenters. The van der Waals surface area contributed by atoms with Gasteiger partial charge in [-0.05, 0) is 79.4 Å². The van der Waals surface area contributed by atoms with Crippen molar-refractivity contribution < 1.29 is 28.6 Å². The number of likely N-dealkylation sites (tertiary alicyclic amines) is 2. The highest BCUT2D eigenvalue weighted by Crippen LogP contribution is 2.37. The quantitative estimate of drug-likeness (QED) is 0.425. The molecule has 0 spiro atoms. The Morgan fingerprint density at radius 1 is 1.00 bits per heavy atom. The third-order valence-electron chi connectivity index (χ3n) is 6.17. The van der Waals surface area contributed by atoms with Crippen LogP contribution in [-0.4, -0.2) is 70.2 Å². The van der Waals surface area contributed by atoms with E-state index in [1.54, 1.807) is 46.4 Å². The summed E-state index contributed by atoms with van der Waals surface area (Å²) in [6, 6.07) is 3.43. The smallest absolute Gasteiger partial charge is 0.411 e. The normalized spacial score (nSPS) is 21.7. The SMILES string of the molecule is CC(C)(C)OC(=O)c1ccc(OC[C@@H]2CC[C@H](C(=O)N3CCC[C@H]3C#N)N2C(=O)OC(C)(C)C)c(Cl)c1Cl. The minimum absolute atomic E-state index is 0.00142. The summed E-state index contributed by atoms with van der Waals surface area (Å²) in [7, 11) is 0. The van der Waals surface area contributed by atoms with Crippen molar-refractivity contribution in [2.24, 2.45) is 0 Å². The van der Waals surface area contributed by atoms with E-state index in [0.717, 1.165) is 6.42 Å². The Balaban J connectivity index is 1.79. The minimum Gasteiger partial charge on any atom is -0.490 e. The number of hydrogen-bond acceptors (Lipinski definition) is 7. The molecule has 3 rings (SSSR count). The first-order valence-corrected chi connectivity index (χ1v) is 13.4. The number of nitrogens with zero attached hydrogens (tertiary/aromatic N) is 3. The van der Waals surface area contributed by atoms with Gasteiger partial charge in [0.05, 0.1) is 22.7 Å². The van der Waals surface area contributed by atoms with Crippen LogP contribution in [-0.2, 0) is 14.3 Å². The standard InChI is InChI=1S/C27H35Cl2N3O6/c1-26(2,3)37-24(34)18-10-12-20(22(29)21(18)28)36-15-17-9-11-19(32(17)25(35)38-27(4,5)6)23(33)31-13-7-8-16(31)14-30/h10,12,16-17,19H,7-9,11,13,15H2,1-6H3/t16-,17-,19+/m0/s1. The maximum absolute atomic E-state index is 13.4. The molecule has 0 radical (unpaired) electrons. The van der Waals surface area contributed by atoms with Crippen molar-refractivity contribution in [1.82, 2.24) is 9.80 Å². The van der Waals surface area contributed by atoms with Crippen LogP contribution in [0.2, 0.25) is 10.0 Å². The number of rotatable bonds is 5. The van der Waals surface area contributed by atoms with Gasteiger partial charge in [-0.15, -0.1) is 0 Å². The van der Waals surface area contributed by atoms with Crippen LogP contribution in [0.15, 0.2) is 12.1 Å². The van der Waals surface area contributed by atoms with Crippen molar-refractivity contribution in [2.45, 2.75) is 96.6 Å². The lowest BCUT2D eigenvalue weighted by Crippen LogP contribution is -2.53. The van der Waals surface area contributed by atoms with Gasteiger partial charge in [-0.25, -0.2) is 9.59 Å². The van der Waals surface area contributed by atoms with Gasteiger partial charge in [0.2, 0.25) is 5.91 Å². The number of nitriles is 1. The number of benzene rings is 1. The lowest BCUT2D eigenvalue weighted by molar-refractivity contribution is -0.136. The molecule has 0 saturated carbocycles. The number of ether oxygens (including phenoxy) is 3. The number of esters is 1. The van der Waals surface area contributed by atoms with Crippen LogP contribution in [0.4, 0.5) is 4.79 Å². The molecule has 0 bridgehead atoms. The van der Waals surface area contributed by atoms with Crippen molar-refractivity contribution in [3.8, 4) is 11.8 Å². The average molecular weight is 568 g/mol. The number of carbonyl (C=O) groups is 3. The van der Waals surface area contributed by atoms with E-state index in [9.17, 15) is 19.6 Å². The average Bonchev–Trinajstić information content (AvgIpc) is 3.44. The van der Waals surface area contributed by atoms with Gasteiger partial charge >= 0.3 is 12.1 Å². The number of hydrogen-bond donors (Lipinski definition) is 0. The molecule has 1 aromatic carbocycles. The molecular formula is C27H35Cl2N3O6. The first-order chi connectivity index (χ1) is 17.6. The van der Waals surface area contributed by atoms with Crippen LogP contribution in [0.25, 0.3) is 0 Å². The van der Waals surface area contributed by atoms with Crippen molar-refractivity contribution in [3.63, 3.8) is 0 Å². The van der Waals surface area contributed by atoms with Crippen molar-refractivity contribution in [1.29, 1.82) is 5.26 Å². The summed E-state index contributed by atoms with van der Waals surface area (Å²) in [5, 5.41) is 9.49. The zero-order chi connectivity index (χ0) is 28.4. The van der Waals surface area contributed by atoms with Gasteiger partial charge in [-0.3, -0.25) is 9.69 Å². The summed E-state index contributed by atoms with van der Waals surface area (Å²) in [4.78, 5) is 42.1. The Labute approximate surface area is 233 Å². The van der Waals surface area contributed by atoms with Gasteiger partial charge in [0, 0.05) is 6.54 Å². The summed E-state index contributed by atoms with van der Waals surface area (Å²) in [5.41, 5.74) is -1.36. The van der Waals surface area contributed by atoms with Crippen molar-refractivity contribution in [3.05, 3.63) is 27.7 Å². The molecule has 2 saturated heterocycles. The predicted molar refractivity (Wildman–Crippen MR) is 142 cm³/mol. The fourth-order valence-corrected chi connectivity index (χ4v) is 5.01. The third-order valence-corrected chi connectivity index (χ3v) is 7.04. The summed E-state index contributed by atoms with van der Waals surface area (Å²) in [6.45, 7) is 11.0. The molecular weight excluding hydrogens is 533 g/mol. The zero-order valence-electron chi connectivity index (χ0n) is 22.7. The second kappa shape index (κ2) is 11.6. The molecule has 2 aliphatic heterocycles. The summed E-state index contributed by atoms with van der Waals surface area (Å²) >= 11 is 12.8. The van der Waals surface area contributed by atoms with E-state index in [4.69, 9.17) is 37.4 Å². The molecule has 2 heterocycles. The molecule has 11 heteroatoms. The van der Waals surface area contributed by atoms with E-state index in [1.807, 2.05) is 0 Å². The van der Waals surface area contributed by atoms with Crippen molar-refractivity contribution >= 4 is 41.2 Å². The van der Waals surface area contributed by atoms with E-state index >= 15 is 0 Å². The van der Waals surface area contributed by atoms with E-state index in [-0.39, 0.29) is 33.9 Å². The Morgan fingerprint density at radius 3 is 2.26 bits per heavy atom. The van der Waals surface area contributed by atoms with Gasteiger partial charge in [-0.1, -0.05) is 23.2 Å². The molecule has 0 aliphatic carbocycles. The molecule has 38 heavy (non-hydrogen) atoms. The Hall–Kier alpha value is -2.70. The van der Waals surface area contributed by atoms with E-state index in [2.05, 4.69) is 6.07 Å². The van der Waals surface area contributed by atoms with Crippen LogP contribution in [0.1, 0.15) is 77.6 Å². The lowest BCUT2D eigenvalue weighted by Gasteiger charge is -2.34. The van der Waals surface area contributed by atoms with Crippen LogP contribution >= 0.6 is 23.2 Å². The summed E-state index contributed by atoms with van der Waals surface area (Å²) < 4.78 is 16.9. The van der Waals surface area contributed by atoms with Gasteiger partial charge in [0.15, 0.2) is 0 Å². The molecule has 9 nitrogen and oxygen atoms in total. The monoisotopic (exact) mass is 567 g/mol. The van der Waals surface area contributed by atoms with Crippen molar-refractivity contribution in [2.75, 3.05) is 13.2 Å². The number of carbonyl (C=O) groups excluding carboxylic acids is 3. The molecule has 208 valence electrons. The maximum atomic E-state index is 13.4. The molecule has 0 unspecified atom stereocenters. The third kappa shape index (κ3) is 7.03. The highest BCUT2D eigenvalue weighted by atomic mass is 35.5. The highest BCUT2D eigenvalue weighted by Gasteiger charge is 2.46. The minimum atomic E-state index is -0.768. The van der Waals surface area contributed by atoms with E-state index < -0.39 is 41.4 Å². The second-order valence-corrected chi connectivity index (χ2v) is 12.3. The topological polar surface area (TPSA) is 109 Å². The van der Waals surface area contributed by atoms with Crippen LogP contribution in [0.3, 0.4) is 0 Å². The highest BCUT2D eigenvalue weighted by molar-refractivity contribution is 6.44. The molecule has 2 amide bonds. The molecule has 0 N–H and O–H groups in total. The fraction of sp³-hybridized carbons (Fsp3) is 0.630. The second-order valence-electron chi connectivity index (χ2n) is 11.5. The zero-order valence-corrected chi connectivity index (χ0v) is 24.2. The first kappa shape index (κ1) is 29.9. The number of amides is 2. The molecule has 1 aromatic rings. The Kier molecular flexibility index (Phi) is 9.10. The van der Waals surface area contributed by atoms with Gasteiger partial charge in [0.25, 0.3) is 0 Å². The van der Waals surface area contributed by atoms with Gasteiger partial charge in [0.1, 0.15) is 40.7 Å². The Morgan fingerprint density at radius 2 is 1.66 bits per heavy atom. The van der Waals surface area contributed by atoms with Gasteiger partial charge < -0.3 is 19.1 Å². The lowest BCUT2D eigenvalue weighted by atomic mass is 10.1. The van der Waals surface area contributed by atoms with Crippen LogP contribution in [0.5, 0.6) is 5.75 Å². The van der Waals surface area contributed by atoms with E-state index in [0.29, 0.717) is 25.8 Å². The first-order valence-electron chi connectivity index (χ1n) is 12.7. The van der Waals surface area contributed by atoms with Gasteiger partial charge in [-0.2, -0.15) is 5.26 Å². The van der Waals surface area contributed by atoms with Crippen LogP contribution < -0.4 is 4.74 Å². The molecule has 2 fully saturated rings. The maximum Gasteiger partial charge on any atom is 0.411 e. The predicted octanol–water partition coefficient (Wildman–Crippen LogP) is 5.61. The summed E-state index contributed by atoms with van der Waals surface area (Å²) in [5.74, 6) is -0.640. The largest absolute Gasteiger partial charge is 0.490 e.